The van der Waals surface area contributed by atoms with Gasteiger partial charge in [-0.15, -0.1) is 17.0 Å². The van der Waals surface area contributed by atoms with Crippen LogP contribution < -0.4 is 5.62 Å². The van der Waals surface area contributed by atoms with Crippen LogP contribution in [-0.4, -0.2) is 39.5 Å². The molecule has 1 saturated heterocycles. The lowest BCUT2D eigenvalue weighted by Crippen LogP contribution is -2.31. The summed E-state index contributed by atoms with van der Waals surface area (Å²) < 4.78 is 3.76. The van der Waals surface area contributed by atoms with Crippen LogP contribution >= 0.6 is 40.2 Å². The quantitative estimate of drug-likeness (QED) is 0.498. The number of imidazole rings is 1. The van der Waals surface area contributed by atoms with E-state index in [1.165, 1.54) is 12.8 Å². The third-order valence-corrected chi connectivity index (χ3v) is 6.10. The van der Waals surface area contributed by atoms with Crippen molar-refractivity contribution in [2.75, 3.05) is 19.6 Å². The van der Waals surface area contributed by atoms with E-state index in [1.54, 1.807) is 22.8 Å². The molecule has 8 heteroatoms. The first-order chi connectivity index (χ1) is 13.5. The van der Waals surface area contributed by atoms with Crippen LogP contribution in [0.2, 0.25) is 10.0 Å². The van der Waals surface area contributed by atoms with Gasteiger partial charge in [0.25, 0.3) is 0 Å². The molecule has 1 N–H and O–H groups in total. The van der Waals surface area contributed by atoms with E-state index in [-0.39, 0.29) is 29.3 Å². The Morgan fingerprint density at radius 1 is 0.931 bits per heavy atom. The number of hydrogen-bond donors (Lipinski definition) is 1. The van der Waals surface area contributed by atoms with Crippen LogP contribution in [0.25, 0.3) is 11.0 Å². The minimum Gasteiger partial charge on any atom is -0.309 e. The van der Waals surface area contributed by atoms with Gasteiger partial charge in [-0.3, -0.25) is 10.2 Å². The van der Waals surface area contributed by atoms with Gasteiger partial charge in [0.2, 0.25) is 5.62 Å². The highest BCUT2D eigenvalue weighted by Crippen LogP contribution is 2.23. The van der Waals surface area contributed by atoms with E-state index in [1.807, 2.05) is 28.8 Å². The minimum absolute atomic E-state index is 0. The van der Waals surface area contributed by atoms with Crippen molar-refractivity contribution in [3.05, 3.63) is 63.7 Å². The Morgan fingerprint density at radius 2 is 1.59 bits per heavy atom. The van der Waals surface area contributed by atoms with Crippen molar-refractivity contribution in [1.82, 2.24) is 14.0 Å². The number of halogens is 3. The van der Waals surface area contributed by atoms with Gasteiger partial charge in [-0.1, -0.05) is 35.3 Å². The monoisotopic (exact) mass is 496 g/mol. The lowest BCUT2D eigenvalue weighted by molar-refractivity contribution is 0.0971. The molecule has 0 amide bonds. The number of ketones is 1. The number of carbonyl (C=O) groups excluding carboxylic acids is 1. The van der Waals surface area contributed by atoms with Gasteiger partial charge in [-0.05, 0) is 56.3 Å². The summed E-state index contributed by atoms with van der Waals surface area (Å²) >= 11 is 12.0. The molecule has 0 spiro atoms. The average Bonchev–Trinajstić information content (AvgIpc) is 3.30. The van der Waals surface area contributed by atoms with E-state index >= 15 is 0 Å². The van der Waals surface area contributed by atoms with Crippen LogP contribution in [0.15, 0.2) is 42.5 Å². The van der Waals surface area contributed by atoms with E-state index in [0.717, 1.165) is 37.2 Å². The number of Topliss-reactive ketones (excluding diaryl/α,β-unsaturated/α-hetero) is 1. The molecule has 0 saturated carbocycles. The number of aromatic nitrogens is 2. The van der Waals surface area contributed by atoms with E-state index in [0.29, 0.717) is 21.2 Å². The van der Waals surface area contributed by atoms with Gasteiger partial charge in [0.1, 0.15) is 0 Å². The van der Waals surface area contributed by atoms with Crippen molar-refractivity contribution in [3.8, 4) is 0 Å². The highest BCUT2D eigenvalue weighted by atomic mass is 79.9. The molecule has 0 unspecified atom stereocenters. The van der Waals surface area contributed by atoms with E-state index in [9.17, 15) is 4.79 Å². The number of hydrogen-bond acceptors (Lipinski definition) is 3. The Bertz CT molecular complexity index is 1090. The first-order valence-corrected chi connectivity index (χ1v) is 10.2. The van der Waals surface area contributed by atoms with Gasteiger partial charge in [0.15, 0.2) is 5.78 Å². The van der Waals surface area contributed by atoms with Gasteiger partial charge in [-0.2, -0.15) is 0 Å². The molecule has 1 fully saturated rings. The van der Waals surface area contributed by atoms with Crippen molar-refractivity contribution in [3.63, 3.8) is 0 Å². The standard InChI is InChI=1S/C21H22Cl2N4O.BrH/c22-16-8-7-15(13-17(16)23)20(28)14-27-19-6-2-1-5-18(19)26(21(27)24)12-11-25-9-3-4-10-25;/h1-2,5-8,13,24H,3-4,9-12,14H2;1H. The summed E-state index contributed by atoms with van der Waals surface area (Å²) in [6.45, 7) is 4.01. The topological polar surface area (TPSA) is 54.0 Å². The van der Waals surface area contributed by atoms with Crippen LogP contribution in [0.1, 0.15) is 23.2 Å². The molecule has 5 nitrogen and oxygen atoms in total. The molecule has 0 radical (unpaired) electrons. The Labute approximate surface area is 190 Å². The molecule has 29 heavy (non-hydrogen) atoms. The summed E-state index contributed by atoms with van der Waals surface area (Å²) in [5.41, 5.74) is 2.71. The first-order valence-electron chi connectivity index (χ1n) is 9.48. The summed E-state index contributed by atoms with van der Waals surface area (Å²) in [5, 5.41) is 9.47. The zero-order valence-corrected chi connectivity index (χ0v) is 19.1. The molecule has 2 aromatic carbocycles. The van der Waals surface area contributed by atoms with Gasteiger partial charge < -0.3 is 14.0 Å². The molecule has 4 rings (SSSR count). The van der Waals surface area contributed by atoms with Crippen molar-refractivity contribution in [2.45, 2.75) is 25.9 Å². The fourth-order valence-corrected chi connectivity index (χ4v) is 4.13. The van der Waals surface area contributed by atoms with Crippen molar-refractivity contribution >= 4 is 57.0 Å². The first kappa shape index (κ1) is 22.1. The number of rotatable bonds is 6. The van der Waals surface area contributed by atoms with Crippen LogP contribution in [0.3, 0.4) is 0 Å². The highest BCUT2D eigenvalue weighted by Gasteiger charge is 2.17. The third kappa shape index (κ3) is 4.61. The lowest BCUT2D eigenvalue weighted by atomic mass is 10.1. The average molecular weight is 498 g/mol. The SMILES string of the molecule is Br.N=c1n(CCN2CCCC2)c2ccccc2n1CC(=O)c1ccc(Cl)c(Cl)c1. The second-order valence-corrected chi connectivity index (χ2v) is 7.97. The molecule has 3 aromatic rings. The van der Waals surface area contributed by atoms with Crippen molar-refractivity contribution in [2.24, 2.45) is 0 Å². The van der Waals surface area contributed by atoms with Gasteiger partial charge in [0.05, 0.1) is 27.6 Å². The summed E-state index contributed by atoms with van der Waals surface area (Å²) in [5.74, 6) is -0.0977. The van der Waals surface area contributed by atoms with Crippen LogP contribution in [0.4, 0.5) is 0 Å². The van der Waals surface area contributed by atoms with Crippen LogP contribution in [-0.2, 0) is 13.1 Å². The second kappa shape index (κ2) is 9.47. The lowest BCUT2D eigenvalue weighted by Gasteiger charge is -2.15. The Morgan fingerprint density at radius 3 is 2.24 bits per heavy atom. The smallest absolute Gasteiger partial charge is 0.203 e. The van der Waals surface area contributed by atoms with E-state index in [2.05, 4.69) is 4.90 Å². The summed E-state index contributed by atoms with van der Waals surface area (Å²) in [7, 11) is 0. The number of para-hydroxylation sites is 2. The maximum absolute atomic E-state index is 12.8. The van der Waals surface area contributed by atoms with Gasteiger partial charge in [-0.25, -0.2) is 0 Å². The highest BCUT2D eigenvalue weighted by molar-refractivity contribution is 8.93. The molecular formula is C21H23BrCl2N4O. The number of benzene rings is 2. The van der Waals surface area contributed by atoms with Gasteiger partial charge >= 0.3 is 0 Å². The molecule has 2 heterocycles. The largest absolute Gasteiger partial charge is 0.309 e. The fourth-order valence-electron chi connectivity index (χ4n) is 3.83. The Balaban J connectivity index is 0.00000240. The molecular weight excluding hydrogens is 475 g/mol. The molecule has 1 aromatic heterocycles. The second-order valence-electron chi connectivity index (χ2n) is 7.15. The van der Waals surface area contributed by atoms with Crippen LogP contribution in [0, 0.1) is 5.41 Å². The Kier molecular flexibility index (Phi) is 7.22. The van der Waals surface area contributed by atoms with Crippen LogP contribution in [0.5, 0.6) is 0 Å². The minimum atomic E-state index is -0.0977. The summed E-state index contributed by atoms with van der Waals surface area (Å²) in [6, 6.07) is 12.8. The predicted molar refractivity (Wildman–Crippen MR) is 123 cm³/mol. The summed E-state index contributed by atoms with van der Waals surface area (Å²) in [4.78, 5) is 15.3. The fraction of sp³-hybridized carbons (Fsp3) is 0.333. The van der Waals surface area contributed by atoms with Gasteiger partial charge in [0, 0.05) is 18.7 Å². The number of nitrogens with one attached hydrogen (secondary N) is 1. The van der Waals surface area contributed by atoms with Crippen molar-refractivity contribution in [1.29, 1.82) is 5.41 Å². The van der Waals surface area contributed by atoms with E-state index in [4.69, 9.17) is 28.6 Å². The number of nitrogens with zero attached hydrogens (tertiary/aromatic N) is 3. The Hall–Kier alpha value is -1.60. The maximum atomic E-state index is 12.8. The number of carbonyl (C=O) groups is 1. The summed E-state index contributed by atoms with van der Waals surface area (Å²) in [6.07, 6.45) is 2.50. The zero-order chi connectivity index (χ0) is 19.7. The number of likely N-dealkylation sites (tertiary alicyclic amines) is 1. The molecule has 0 aliphatic carbocycles. The molecule has 1 aliphatic heterocycles. The molecule has 1 aliphatic rings. The van der Waals surface area contributed by atoms with Crippen molar-refractivity contribution < 1.29 is 4.79 Å². The zero-order valence-electron chi connectivity index (χ0n) is 15.9. The molecule has 0 bridgehead atoms. The molecule has 154 valence electrons. The predicted octanol–water partition coefficient (Wildman–Crippen LogP) is 4.79. The third-order valence-electron chi connectivity index (χ3n) is 5.36. The van der Waals surface area contributed by atoms with E-state index < -0.39 is 0 Å². The maximum Gasteiger partial charge on any atom is 0.203 e. The normalized spacial score (nSPS) is 14.3. The molecule has 0 atom stereocenters. The number of fused-ring (bicyclic) bond motifs is 1.